The first kappa shape index (κ1) is 13.7. The van der Waals surface area contributed by atoms with Gasteiger partial charge in [-0.25, -0.2) is 0 Å². The maximum Gasteiger partial charge on any atom is 0.291 e. The van der Waals surface area contributed by atoms with E-state index in [1.165, 1.54) is 4.90 Å². The lowest BCUT2D eigenvalue weighted by molar-refractivity contribution is -0.120. The Morgan fingerprint density at radius 2 is 2.14 bits per heavy atom. The maximum absolute atomic E-state index is 12.0. The lowest BCUT2D eigenvalue weighted by Crippen LogP contribution is -2.35. The molecular formula is C14H11BrN2O4. The number of ether oxygens (including phenoxy) is 1. The summed E-state index contributed by atoms with van der Waals surface area (Å²) in [5, 5.41) is 2.71. The highest BCUT2D eigenvalue weighted by Gasteiger charge is 2.22. The number of amides is 2. The number of nitrogens with zero attached hydrogens (tertiary/aromatic N) is 1. The molecule has 2 aromatic rings. The van der Waals surface area contributed by atoms with Crippen LogP contribution in [0.1, 0.15) is 10.6 Å². The molecule has 1 aliphatic rings. The van der Waals surface area contributed by atoms with Gasteiger partial charge in [-0.05, 0) is 46.3 Å². The largest absolute Gasteiger partial charge is 0.482 e. The minimum atomic E-state index is -0.369. The molecule has 0 atom stereocenters. The molecule has 21 heavy (non-hydrogen) atoms. The summed E-state index contributed by atoms with van der Waals surface area (Å²) in [5.41, 5.74) is 1.17. The third kappa shape index (κ3) is 2.64. The maximum atomic E-state index is 12.0. The number of anilines is 2. The molecule has 1 N–H and O–H groups in total. The molecule has 1 aliphatic heterocycles. The summed E-state index contributed by atoms with van der Waals surface area (Å²) in [6.45, 7) is 0.0234. The Morgan fingerprint density at radius 1 is 1.33 bits per heavy atom. The summed E-state index contributed by atoms with van der Waals surface area (Å²) >= 11 is 3.14. The number of rotatable bonds is 2. The smallest absolute Gasteiger partial charge is 0.291 e. The van der Waals surface area contributed by atoms with E-state index < -0.39 is 0 Å². The molecule has 6 nitrogen and oxygen atoms in total. The molecule has 0 fully saturated rings. The van der Waals surface area contributed by atoms with E-state index in [1.807, 2.05) is 0 Å². The normalized spacial score (nSPS) is 13.6. The minimum absolute atomic E-state index is 0.0234. The molecule has 0 spiro atoms. The van der Waals surface area contributed by atoms with Gasteiger partial charge in [0.2, 0.25) is 0 Å². The number of hydrogen-bond donors (Lipinski definition) is 1. The number of hydrogen-bond acceptors (Lipinski definition) is 4. The van der Waals surface area contributed by atoms with Crippen molar-refractivity contribution in [3.63, 3.8) is 0 Å². The van der Waals surface area contributed by atoms with Crippen molar-refractivity contribution in [2.24, 2.45) is 0 Å². The number of halogens is 1. The average molecular weight is 351 g/mol. The number of carbonyl (C=O) groups excluding carboxylic acids is 2. The minimum Gasteiger partial charge on any atom is -0.482 e. The van der Waals surface area contributed by atoms with Crippen LogP contribution in [0.2, 0.25) is 0 Å². The Hall–Kier alpha value is -2.28. The molecule has 0 unspecified atom stereocenters. The van der Waals surface area contributed by atoms with Crippen LogP contribution in [-0.2, 0) is 4.79 Å². The van der Waals surface area contributed by atoms with Crippen molar-refractivity contribution < 1.29 is 18.7 Å². The van der Waals surface area contributed by atoms with E-state index in [1.54, 1.807) is 37.4 Å². The van der Waals surface area contributed by atoms with Gasteiger partial charge in [-0.3, -0.25) is 9.59 Å². The van der Waals surface area contributed by atoms with E-state index in [9.17, 15) is 9.59 Å². The van der Waals surface area contributed by atoms with Gasteiger partial charge in [0, 0.05) is 12.7 Å². The molecule has 7 heteroatoms. The van der Waals surface area contributed by atoms with Gasteiger partial charge in [0.15, 0.2) is 17.0 Å². The molecule has 0 radical (unpaired) electrons. The molecule has 2 amide bonds. The highest BCUT2D eigenvalue weighted by molar-refractivity contribution is 9.10. The number of benzene rings is 1. The molecule has 3 rings (SSSR count). The molecule has 0 bridgehead atoms. The van der Waals surface area contributed by atoms with E-state index in [4.69, 9.17) is 9.15 Å². The zero-order valence-electron chi connectivity index (χ0n) is 11.1. The Balaban J connectivity index is 1.84. The average Bonchev–Trinajstić information content (AvgIpc) is 2.90. The monoisotopic (exact) mass is 350 g/mol. The number of likely N-dealkylation sites (N-methyl/N-ethyl adjacent to an activating group) is 1. The number of fused-ring (bicyclic) bond motifs is 1. The zero-order chi connectivity index (χ0) is 15.0. The lowest BCUT2D eigenvalue weighted by atomic mass is 10.2. The van der Waals surface area contributed by atoms with Gasteiger partial charge in [-0.15, -0.1) is 0 Å². The standard InChI is InChI=1S/C14H11BrN2O4/c1-17-9-6-8(2-3-10(9)20-7-13(17)18)16-14(19)11-4-5-12(15)21-11/h2-6H,7H2,1H3,(H,16,19). The van der Waals surface area contributed by atoms with Crippen LogP contribution in [0.4, 0.5) is 11.4 Å². The van der Waals surface area contributed by atoms with Gasteiger partial charge in [-0.2, -0.15) is 0 Å². The second-order valence-corrected chi connectivity index (χ2v) is 5.26. The van der Waals surface area contributed by atoms with Gasteiger partial charge in [0.25, 0.3) is 11.8 Å². The first-order chi connectivity index (χ1) is 10.0. The summed E-state index contributed by atoms with van der Waals surface area (Å²) in [4.78, 5) is 25.1. The predicted molar refractivity (Wildman–Crippen MR) is 79.7 cm³/mol. The summed E-state index contributed by atoms with van der Waals surface area (Å²) in [6.07, 6.45) is 0. The van der Waals surface area contributed by atoms with Crippen molar-refractivity contribution in [1.82, 2.24) is 0 Å². The summed E-state index contributed by atoms with van der Waals surface area (Å²) < 4.78 is 11.0. The number of furan rings is 1. The Bertz CT molecular complexity index is 726. The van der Waals surface area contributed by atoms with E-state index in [0.717, 1.165) is 0 Å². The topological polar surface area (TPSA) is 71.8 Å². The highest BCUT2D eigenvalue weighted by Crippen LogP contribution is 2.33. The lowest BCUT2D eigenvalue weighted by Gasteiger charge is -2.26. The molecule has 1 aromatic carbocycles. The summed E-state index contributed by atoms with van der Waals surface area (Å²) in [5.74, 6) is 0.295. The van der Waals surface area contributed by atoms with Crippen molar-refractivity contribution in [3.05, 3.63) is 40.8 Å². The number of nitrogens with one attached hydrogen (secondary N) is 1. The molecule has 1 aromatic heterocycles. The van der Waals surface area contributed by atoms with Crippen molar-refractivity contribution in [3.8, 4) is 5.75 Å². The predicted octanol–water partition coefficient (Wildman–Crippen LogP) is 2.65. The summed E-state index contributed by atoms with van der Waals surface area (Å²) in [6, 6.07) is 8.31. The first-order valence-electron chi connectivity index (χ1n) is 6.14. The second kappa shape index (κ2) is 5.25. The SMILES string of the molecule is CN1C(=O)COc2ccc(NC(=O)c3ccc(Br)o3)cc21. The molecule has 108 valence electrons. The summed E-state index contributed by atoms with van der Waals surface area (Å²) in [7, 11) is 1.67. The van der Waals surface area contributed by atoms with Crippen LogP contribution in [0, 0.1) is 0 Å². The molecule has 0 aliphatic carbocycles. The van der Waals surface area contributed by atoms with Gasteiger partial charge >= 0.3 is 0 Å². The van der Waals surface area contributed by atoms with Gasteiger partial charge in [0.05, 0.1) is 5.69 Å². The fourth-order valence-corrected chi connectivity index (χ4v) is 2.29. The quantitative estimate of drug-likeness (QED) is 0.903. The van der Waals surface area contributed by atoms with Crippen LogP contribution >= 0.6 is 15.9 Å². The highest BCUT2D eigenvalue weighted by atomic mass is 79.9. The third-order valence-corrected chi connectivity index (χ3v) is 3.53. The molecular weight excluding hydrogens is 340 g/mol. The first-order valence-corrected chi connectivity index (χ1v) is 6.94. The Morgan fingerprint density at radius 3 is 2.86 bits per heavy atom. The van der Waals surface area contributed by atoms with Crippen molar-refractivity contribution >= 4 is 39.1 Å². The van der Waals surface area contributed by atoms with Gasteiger partial charge in [-0.1, -0.05) is 0 Å². The third-order valence-electron chi connectivity index (χ3n) is 3.10. The number of carbonyl (C=O) groups is 2. The molecule has 0 saturated heterocycles. The van der Waals surface area contributed by atoms with Crippen LogP contribution in [-0.4, -0.2) is 25.5 Å². The molecule has 2 heterocycles. The van der Waals surface area contributed by atoms with Crippen LogP contribution in [0.5, 0.6) is 5.75 Å². The zero-order valence-corrected chi connectivity index (χ0v) is 12.6. The fourth-order valence-electron chi connectivity index (χ4n) is 1.98. The van der Waals surface area contributed by atoms with Crippen molar-refractivity contribution in [2.75, 3.05) is 23.9 Å². The van der Waals surface area contributed by atoms with Gasteiger partial charge in [0.1, 0.15) is 5.75 Å². The van der Waals surface area contributed by atoms with Crippen molar-refractivity contribution in [1.29, 1.82) is 0 Å². The van der Waals surface area contributed by atoms with Crippen LogP contribution in [0.3, 0.4) is 0 Å². The van der Waals surface area contributed by atoms with E-state index in [0.29, 0.717) is 21.8 Å². The van der Waals surface area contributed by atoms with Gasteiger partial charge < -0.3 is 19.4 Å². The van der Waals surface area contributed by atoms with Crippen LogP contribution in [0.25, 0.3) is 0 Å². The molecule has 0 saturated carbocycles. The van der Waals surface area contributed by atoms with E-state index in [-0.39, 0.29) is 24.2 Å². The van der Waals surface area contributed by atoms with Crippen LogP contribution < -0.4 is 15.0 Å². The fraction of sp³-hybridized carbons (Fsp3) is 0.143. The Kier molecular flexibility index (Phi) is 3.42. The second-order valence-electron chi connectivity index (χ2n) is 4.48. The Labute approximate surface area is 128 Å². The van der Waals surface area contributed by atoms with Crippen molar-refractivity contribution in [2.45, 2.75) is 0 Å². The van der Waals surface area contributed by atoms with E-state index >= 15 is 0 Å². The van der Waals surface area contributed by atoms with E-state index in [2.05, 4.69) is 21.2 Å². The van der Waals surface area contributed by atoms with Crippen LogP contribution in [0.15, 0.2) is 39.4 Å².